The number of carbonyl (C=O) groups excluding carboxylic acids is 1. The molecule has 0 bridgehead atoms. The van der Waals surface area contributed by atoms with Gasteiger partial charge < -0.3 is 5.32 Å². The fourth-order valence-electron chi connectivity index (χ4n) is 3.37. The van der Waals surface area contributed by atoms with Crippen LogP contribution in [-0.4, -0.2) is 34.2 Å². The van der Waals surface area contributed by atoms with Crippen LogP contribution in [0.2, 0.25) is 0 Å². The number of thioether (sulfide) groups is 1. The summed E-state index contributed by atoms with van der Waals surface area (Å²) >= 11 is 1.71. The van der Waals surface area contributed by atoms with Gasteiger partial charge in [0.05, 0.1) is 5.69 Å². The lowest BCUT2D eigenvalue weighted by atomic mass is 9.91. The molecule has 0 saturated carbocycles. The molecule has 0 aliphatic carbocycles. The van der Waals surface area contributed by atoms with E-state index in [1.54, 1.807) is 11.8 Å². The first kappa shape index (κ1) is 21.8. The number of aromatic nitrogens is 2. The number of benzene rings is 2. The van der Waals surface area contributed by atoms with Crippen molar-refractivity contribution in [3.05, 3.63) is 76.6 Å². The fourth-order valence-corrected chi connectivity index (χ4v) is 4.33. The summed E-state index contributed by atoms with van der Waals surface area (Å²) in [4.78, 5) is 26.0. The molecule has 3 rings (SSSR count). The van der Waals surface area contributed by atoms with Crippen molar-refractivity contribution in [2.45, 2.75) is 26.0 Å². The summed E-state index contributed by atoms with van der Waals surface area (Å²) in [5.74, 6) is -0.391. The lowest BCUT2D eigenvalue weighted by Gasteiger charge is -2.29. The van der Waals surface area contributed by atoms with Gasteiger partial charge in [0.25, 0.3) is 11.5 Å². The lowest BCUT2D eigenvalue weighted by Crippen LogP contribution is -2.39. The SMILES string of the molecule is CSC(CNC(=O)c1c(-c2ccccc2)c(-c2ccccc2)n[nH]c1=O)C(C)(C)C. The largest absolute Gasteiger partial charge is 0.351 e. The smallest absolute Gasteiger partial charge is 0.277 e. The normalized spacial score (nSPS) is 12.4. The van der Waals surface area contributed by atoms with Gasteiger partial charge in [-0.3, -0.25) is 9.59 Å². The second kappa shape index (κ2) is 9.30. The molecule has 30 heavy (non-hydrogen) atoms. The first-order valence-corrected chi connectivity index (χ1v) is 11.2. The van der Waals surface area contributed by atoms with Gasteiger partial charge in [0, 0.05) is 22.9 Å². The Morgan fingerprint density at radius 1 is 1.03 bits per heavy atom. The molecule has 1 atom stereocenters. The second-order valence-corrected chi connectivity index (χ2v) is 9.22. The van der Waals surface area contributed by atoms with E-state index in [1.807, 2.05) is 66.9 Å². The quantitative estimate of drug-likeness (QED) is 0.609. The molecule has 2 aromatic carbocycles. The van der Waals surface area contributed by atoms with Crippen LogP contribution in [0.4, 0.5) is 0 Å². The summed E-state index contributed by atoms with van der Waals surface area (Å²) in [5, 5.41) is 10.0. The number of amides is 1. The molecule has 0 fully saturated rings. The first-order valence-electron chi connectivity index (χ1n) is 9.87. The van der Waals surface area contributed by atoms with Crippen molar-refractivity contribution in [3.8, 4) is 22.4 Å². The molecule has 0 spiro atoms. The maximum absolute atomic E-state index is 13.2. The Labute approximate surface area is 181 Å². The minimum atomic E-state index is -0.498. The highest BCUT2D eigenvalue weighted by Crippen LogP contribution is 2.32. The zero-order chi connectivity index (χ0) is 21.7. The van der Waals surface area contributed by atoms with Crippen LogP contribution in [0.25, 0.3) is 22.4 Å². The van der Waals surface area contributed by atoms with Gasteiger partial charge >= 0.3 is 0 Å². The van der Waals surface area contributed by atoms with Crippen LogP contribution < -0.4 is 10.9 Å². The van der Waals surface area contributed by atoms with E-state index >= 15 is 0 Å². The van der Waals surface area contributed by atoms with E-state index in [-0.39, 0.29) is 16.2 Å². The number of hydrogen-bond acceptors (Lipinski definition) is 4. The van der Waals surface area contributed by atoms with Crippen molar-refractivity contribution in [2.75, 3.05) is 12.8 Å². The highest BCUT2D eigenvalue weighted by atomic mass is 32.2. The molecule has 0 saturated heterocycles. The Bertz CT molecular complexity index is 1060. The van der Waals surface area contributed by atoms with Crippen LogP contribution in [0.15, 0.2) is 65.5 Å². The molecule has 1 aromatic heterocycles. The molecular formula is C24H27N3O2S. The summed E-state index contributed by atoms with van der Waals surface area (Å²) < 4.78 is 0. The minimum Gasteiger partial charge on any atom is -0.351 e. The Morgan fingerprint density at radius 3 is 2.13 bits per heavy atom. The Morgan fingerprint density at radius 2 is 1.60 bits per heavy atom. The number of nitrogens with zero attached hydrogens (tertiary/aromatic N) is 1. The number of aromatic amines is 1. The van der Waals surface area contributed by atoms with Crippen LogP contribution in [0, 0.1) is 5.41 Å². The number of H-pyrrole nitrogens is 1. The van der Waals surface area contributed by atoms with E-state index in [2.05, 4.69) is 36.3 Å². The van der Waals surface area contributed by atoms with E-state index in [0.717, 1.165) is 11.1 Å². The molecule has 0 aliphatic rings. The monoisotopic (exact) mass is 421 g/mol. The number of carbonyl (C=O) groups is 1. The molecule has 0 aliphatic heterocycles. The Kier molecular flexibility index (Phi) is 6.77. The second-order valence-electron chi connectivity index (χ2n) is 8.18. The van der Waals surface area contributed by atoms with Crippen molar-refractivity contribution in [3.63, 3.8) is 0 Å². The standard InChI is InChI=1S/C24H27N3O2S/c1-24(2,3)18(30-4)15-25-22(28)20-19(16-11-7-5-8-12-16)21(26-27-23(20)29)17-13-9-6-10-14-17/h5-14,18H,15H2,1-4H3,(H,25,28)(H,27,29). The van der Waals surface area contributed by atoms with Gasteiger partial charge in [-0.05, 0) is 17.2 Å². The van der Waals surface area contributed by atoms with Crippen LogP contribution >= 0.6 is 11.8 Å². The highest BCUT2D eigenvalue weighted by molar-refractivity contribution is 7.99. The third kappa shape index (κ3) is 4.82. The van der Waals surface area contributed by atoms with Crippen LogP contribution in [0.5, 0.6) is 0 Å². The molecule has 3 aromatic rings. The van der Waals surface area contributed by atoms with Crippen LogP contribution in [-0.2, 0) is 0 Å². The van der Waals surface area contributed by atoms with Crippen molar-refractivity contribution in [1.29, 1.82) is 0 Å². The third-order valence-electron chi connectivity index (χ3n) is 5.02. The lowest BCUT2D eigenvalue weighted by molar-refractivity contribution is 0.0949. The van der Waals surface area contributed by atoms with E-state index < -0.39 is 11.5 Å². The van der Waals surface area contributed by atoms with Gasteiger partial charge in [0.2, 0.25) is 0 Å². The van der Waals surface area contributed by atoms with Crippen LogP contribution in [0.1, 0.15) is 31.1 Å². The summed E-state index contributed by atoms with van der Waals surface area (Å²) in [6.07, 6.45) is 2.03. The number of nitrogens with one attached hydrogen (secondary N) is 2. The van der Waals surface area contributed by atoms with E-state index in [0.29, 0.717) is 17.8 Å². The molecule has 1 unspecified atom stereocenters. The molecule has 2 N–H and O–H groups in total. The Hall–Kier alpha value is -2.86. The molecule has 0 radical (unpaired) electrons. The average Bonchev–Trinajstić information content (AvgIpc) is 2.74. The topological polar surface area (TPSA) is 74.8 Å². The summed E-state index contributed by atoms with van der Waals surface area (Å²) in [6, 6.07) is 19.0. The molecule has 5 nitrogen and oxygen atoms in total. The fraction of sp³-hybridized carbons (Fsp3) is 0.292. The van der Waals surface area contributed by atoms with Gasteiger partial charge in [-0.15, -0.1) is 0 Å². The van der Waals surface area contributed by atoms with Crippen LogP contribution in [0.3, 0.4) is 0 Å². The van der Waals surface area contributed by atoms with Gasteiger partial charge in [0.1, 0.15) is 5.56 Å². The number of hydrogen-bond donors (Lipinski definition) is 2. The van der Waals surface area contributed by atoms with E-state index in [9.17, 15) is 9.59 Å². The average molecular weight is 422 g/mol. The van der Waals surface area contributed by atoms with Gasteiger partial charge in [-0.1, -0.05) is 81.4 Å². The van der Waals surface area contributed by atoms with Crippen molar-refractivity contribution < 1.29 is 4.79 Å². The van der Waals surface area contributed by atoms with Gasteiger partial charge in [-0.2, -0.15) is 16.9 Å². The van der Waals surface area contributed by atoms with Crippen molar-refractivity contribution >= 4 is 17.7 Å². The zero-order valence-corrected chi connectivity index (χ0v) is 18.5. The molecule has 1 heterocycles. The van der Waals surface area contributed by atoms with Gasteiger partial charge in [0.15, 0.2) is 0 Å². The molecule has 6 heteroatoms. The third-order valence-corrected chi connectivity index (χ3v) is 6.46. The minimum absolute atomic E-state index is 0.0226. The Balaban J connectivity index is 2.10. The highest BCUT2D eigenvalue weighted by Gasteiger charge is 2.27. The van der Waals surface area contributed by atoms with Gasteiger partial charge in [-0.25, -0.2) is 5.10 Å². The van der Waals surface area contributed by atoms with E-state index in [1.165, 1.54) is 0 Å². The van der Waals surface area contributed by atoms with E-state index in [4.69, 9.17) is 0 Å². The molecule has 1 amide bonds. The number of rotatable bonds is 6. The summed E-state index contributed by atoms with van der Waals surface area (Å²) in [6.45, 7) is 6.90. The predicted octanol–water partition coefficient (Wildman–Crippen LogP) is 4.61. The molecular weight excluding hydrogens is 394 g/mol. The molecule has 156 valence electrons. The van der Waals surface area contributed by atoms with Crippen molar-refractivity contribution in [1.82, 2.24) is 15.5 Å². The maximum atomic E-state index is 13.2. The maximum Gasteiger partial charge on any atom is 0.277 e. The predicted molar refractivity (Wildman–Crippen MR) is 125 cm³/mol. The first-order chi connectivity index (χ1) is 14.3. The summed E-state index contributed by atoms with van der Waals surface area (Å²) in [7, 11) is 0. The summed E-state index contributed by atoms with van der Waals surface area (Å²) in [5.41, 5.74) is 2.33. The zero-order valence-electron chi connectivity index (χ0n) is 17.7. The van der Waals surface area contributed by atoms with Crippen molar-refractivity contribution in [2.24, 2.45) is 5.41 Å².